The van der Waals surface area contributed by atoms with E-state index in [0.29, 0.717) is 37.0 Å². The van der Waals surface area contributed by atoms with Crippen LogP contribution in [0.1, 0.15) is 35.5 Å². The van der Waals surface area contributed by atoms with E-state index in [-0.39, 0.29) is 11.7 Å². The Morgan fingerprint density at radius 2 is 1.92 bits per heavy atom. The van der Waals surface area contributed by atoms with E-state index in [0.717, 1.165) is 27.8 Å². The fourth-order valence-corrected chi connectivity index (χ4v) is 4.63. The van der Waals surface area contributed by atoms with Gasteiger partial charge in [0.1, 0.15) is 0 Å². The minimum absolute atomic E-state index is 0.0877. The van der Waals surface area contributed by atoms with Gasteiger partial charge in [-0.3, -0.25) is 9.69 Å². The number of carbonyl (C=O) groups excluding carboxylic acids is 1. The second kappa shape index (κ2) is 9.45. The number of Topliss-reactive ketones (excluding diaryl/α,β-unsaturated/α-hetero) is 1. The number of likely N-dealkylation sites (tertiary alicyclic amines) is 1. The first-order chi connectivity index (χ1) is 17.2. The second-order valence-electron chi connectivity index (χ2n) is 9.78. The number of aliphatic hydroxyl groups excluding tert-OH is 2. The highest BCUT2D eigenvalue weighted by atomic mass is 16.3. The Morgan fingerprint density at radius 3 is 2.64 bits per heavy atom. The minimum Gasteiger partial charge on any atom is -0.389 e. The number of anilines is 2. The molecule has 0 radical (unpaired) electrons. The molecule has 5 rings (SSSR count). The van der Waals surface area contributed by atoms with Crippen molar-refractivity contribution in [1.29, 1.82) is 0 Å². The molecule has 2 atom stereocenters. The maximum atomic E-state index is 12.7. The molecular weight excluding hydrogens is 458 g/mol. The third-order valence-corrected chi connectivity index (χ3v) is 6.64. The normalized spacial score (nSPS) is 18.4. The monoisotopic (exact) mass is 489 g/mol. The largest absolute Gasteiger partial charge is 0.389 e. The molecule has 1 aliphatic heterocycles. The summed E-state index contributed by atoms with van der Waals surface area (Å²) in [7, 11) is 1.94. The third-order valence-electron chi connectivity index (χ3n) is 6.64. The lowest BCUT2D eigenvalue weighted by atomic mass is 10.0. The molecule has 1 aromatic carbocycles. The van der Waals surface area contributed by atoms with Crippen molar-refractivity contribution in [3.8, 4) is 5.82 Å². The fourth-order valence-electron chi connectivity index (χ4n) is 4.63. The van der Waals surface area contributed by atoms with Crippen LogP contribution in [0.2, 0.25) is 0 Å². The van der Waals surface area contributed by atoms with Crippen molar-refractivity contribution in [3.05, 3.63) is 59.7 Å². The Balaban J connectivity index is 1.38. The maximum absolute atomic E-state index is 12.7. The van der Waals surface area contributed by atoms with Gasteiger partial charge in [-0.05, 0) is 25.1 Å². The molecule has 0 amide bonds. The number of nitrogens with one attached hydrogen (secondary N) is 1. The summed E-state index contributed by atoms with van der Waals surface area (Å²) in [6, 6.07) is 7.66. The van der Waals surface area contributed by atoms with Crippen molar-refractivity contribution >= 4 is 28.3 Å². The van der Waals surface area contributed by atoms with E-state index < -0.39 is 12.2 Å². The Labute approximate surface area is 209 Å². The van der Waals surface area contributed by atoms with Crippen molar-refractivity contribution in [2.75, 3.05) is 18.4 Å². The number of carbonyl (C=O) groups is 1. The van der Waals surface area contributed by atoms with E-state index in [1.807, 2.05) is 67.9 Å². The van der Waals surface area contributed by atoms with Crippen molar-refractivity contribution < 1.29 is 15.0 Å². The molecule has 4 aromatic rings. The van der Waals surface area contributed by atoms with E-state index in [9.17, 15) is 15.0 Å². The molecule has 188 valence electrons. The molecule has 0 saturated carbocycles. The molecule has 0 bridgehead atoms. The highest BCUT2D eigenvalue weighted by molar-refractivity contribution is 6.09. The summed E-state index contributed by atoms with van der Waals surface area (Å²) >= 11 is 0. The maximum Gasteiger partial charge on any atom is 0.229 e. The first-order valence-corrected chi connectivity index (χ1v) is 12.1. The number of fused-ring (bicyclic) bond motifs is 1. The van der Waals surface area contributed by atoms with Gasteiger partial charge in [0, 0.05) is 85.0 Å². The van der Waals surface area contributed by atoms with Crippen LogP contribution in [0.5, 0.6) is 0 Å². The lowest BCUT2D eigenvalue weighted by Gasteiger charge is -2.13. The van der Waals surface area contributed by atoms with Gasteiger partial charge < -0.3 is 20.1 Å². The predicted molar refractivity (Wildman–Crippen MR) is 137 cm³/mol. The number of nitrogens with zero attached hydrogens (tertiary/aromatic N) is 6. The lowest BCUT2D eigenvalue weighted by Crippen LogP contribution is -2.22. The fraction of sp³-hybridized carbons (Fsp3) is 0.385. The molecule has 0 spiro atoms. The highest BCUT2D eigenvalue weighted by Crippen LogP contribution is 2.27. The molecule has 0 aliphatic carbocycles. The molecule has 36 heavy (non-hydrogen) atoms. The third kappa shape index (κ3) is 4.62. The number of aliphatic hydroxyl groups is 2. The minimum atomic E-state index is -0.717. The Bertz CT molecular complexity index is 1410. The summed E-state index contributed by atoms with van der Waals surface area (Å²) in [6.07, 6.45) is 4.03. The Hall–Kier alpha value is -3.60. The average Bonchev–Trinajstić information content (AvgIpc) is 3.48. The van der Waals surface area contributed by atoms with Gasteiger partial charge in [-0.15, -0.1) is 0 Å². The van der Waals surface area contributed by atoms with E-state index in [4.69, 9.17) is 0 Å². The van der Waals surface area contributed by atoms with Gasteiger partial charge in [-0.1, -0.05) is 13.8 Å². The van der Waals surface area contributed by atoms with Crippen LogP contribution >= 0.6 is 0 Å². The quantitative estimate of drug-likeness (QED) is 0.339. The predicted octanol–water partition coefficient (Wildman–Crippen LogP) is 2.58. The smallest absolute Gasteiger partial charge is 0.229 e. The summed E-state index contributed by atoms with van der Waals surface area (Å²) < 4.78 is 3.67. The summed E-state index contributed by atoms with van der Waals surface area (Å²) in [4.78, 5) is 23.7. The number of ketones is 1. The highest BCUT2D eigenvalue weighted by Gasteiger charge is 2.30. The first-order valence-electron chi connectivity index (χ1n) is 12.1. The van der Waals surface area contributed by atoms with Gasteiger partial charge >= 0.3 is 0 Å². The molecule has 1 fully saturated rings. The number of aryl methyl sites for hydroxylation is 2. The number of rotatable bonds is 7. The molecular formula is C26H31N7O3. The van der Waals surface area contributed by atoms with Crippen LogP contribution in [-0.2, 0) is 13.6 Å². The van der Waals surface area contributed by atoms with Gasteiger partial charge in [0.25, 0.3) is 0 Å². The van der Waals surface area contributed by atoms with Gasteiger partial charge in [0.05, 0.1) is 17.9 Å². The van der Waals surface area contributed by atoms with Crippen LogP contribution in [0.25, 0.3) is 16.7 Å². The molecule has 0 unspecified atom stereocenters. The van der Waals surface area contributed by atoms with Crippen LogP contribution in [0.3, 0.4) is 0 Å². The lowest BCUT2D eigenvalue weighted by molar-refractivity contribution is 0.0572. The van der Waals surface area contributed by atoms with Crippen LogP contribution in [0, 0.1) is 12.8 Å². The number of hydrogen-bond donors (Lipinski definition) is 3. The number of aromatic nitrogens is 5. The zero-order valence-electron chi connectivity index (χ0n) is 20.9. The molecule has 10 nitrogen and oxygen atoms in total. The molecule has 1 saturated heterocycles. The SMILES string of the molecule is Cc1nn(-c2ccnc(Nc3ccc4c(c3)c(C(=O)C(C)C)cn4C)n2)cc1CN1C[C@H](O)[C@@H](O)C1. The van der Waals surface area contributed by atoms with Crippen LogP contribution in [0.15, 0.2) is 42.9 Å². The van der Waals surface area contributed by atoms with E-state index >= 15 is 0 Å². The van der Waals surface area contributed by atoms with Gasteiger partial charge in [0.2, 0.25) is 5.95 Å². The number of β-amino-alcohol motifs (C(OH)–C–C–N with tert-alkyl or cyclic N) is 2. The number of benzene rings is 1. The van der Waals surface area contributed by atoms with E-state index in [1.165, 1.54) is 0 Å². The molecule has 3 aromatic heterocycles. The summed E-state index contributed by atoms with van der Waals surface area (Å²) in [5.74, 6) is 1.05. The Kier molecular flexibility index (Phi) is 6.33. The van der Waals surface area contributed by atoms with Crippen LogP contribution in [-0.4, -0.2) is 70.5 Å². The van der Waals surface area contributed by atoms with Crippen LogP contribution < -0.4 is 5.32 Å². The Morgan fingerprint density at radius 1 is 1.17 bits per heavy atom. The second-order valence-corrected chi connectivity index (χ2v) is 9.78. The van der Waals surface area contributed by atoms with Crippen molar-refractivity contribution in [3.63, 3.8) is 0 Å². The zero-order chi connectivity index (χ0) is 25.6. The standard InChI is InChI=1S/C26H31N7O3/c1-15(2)25(36)20-12-31(4)21-6-5-18(9-19(20)21)28-26-27-8-7-24(29-26)33-11-17(16(3)30-33)10-32-13-22(34)23(35)14-32/h5-9,11-12,15,22-23,34-35H,10,13-14H2,1-4H3,(H,27,28,29)/t22-,23-/m0/s1. The summed E-state index contributed by atoms with van der Waals surface area (Å²) in [6.45, 7) is 7.20. The first kappa shape index (κ1) is 24.1. The molecule has 10 heteroatoms. The van der Waals surface area contributed by atoms with Crippen molar-refractivity contribution in [2.45, 2.75) is 39.5 Å². The van der Waals surface area contributed by atoms with Gasteiger partial charge in [-0.2, -0.15) is 10.1 Å². The average molecular weight is 490 g/mol. The van der Waals surface area contributed by atoms with Crippen molar-refractivity contribution in [1.82, 2.24) is 29.2 Å². The molecule has 1 aliphatic rings. The molecule has 4 heterocycles. The summed E-state index contributed by atoms with van der Waals surface area (Å²) in [5.41, 5.74) is 4.33. The topological polar surface area (TPSA) is 121 Å². The molecule has 3 N–H and O–H groups in total. The van der Waals surface area contributed by atoms with Crippen molar-refractivity contribution in [2.24, 2.45) is 13.0 Å². The van der Waals surface area contributed by atoms with E-state index in [1.54, 1.807) is 16.9 Å². The van der Waals surface area contributed by atoms with Gasteiger partial charge in [-0.25, -0.2) is 9.67 Å². The van der Waals surface area contributed by atoms with Crippen LogP contribution in [0.4, 0.5) is 11.6 Å². The van der Waals surface area contributed by atoms with Gasteiger partial charge in [0.15, 0.2) is 11.6 Å². The van der Waals surface area contributed by atoms with E-state index in [2.05, 4.69) is 20.4 Å². The number of hydrogen-bond acceptors (Lipinski definition) is 8. The summed E-state index contributed by atoms with van der Waals surface area (Å²) in [5, 5.41) is 28.4. The zero-order valence-corrected chi connectivity index (χ0v) is 20.9.